The van der Waals surface area contributed by atoms with Crippen LogP contribution in [-0.4, -0.2) is 73.3 Å². The van der Waals surface area contributed by atoms with E-state index in [1.54, 1.807) is 37.3 Å². The van der Waals surface area contributed by atoms with E-state index < -0.39 is 19.7 Å². The summed E-state index contributed by atoms with van der Waals surface area (Å²) in [5.41, 5.74) is 9.92. The zero-order valence-corrected chi connectivity index (χ0v) is 25.9. The summed E-state index contributed by atoms with van der Waals surface area (Å²) in [7, 11) is -3.65. The number of nitrogens with zero attached hydrogens (tertiary/aromatic N) is 2. The van der Waals surface area contributed by atoms with Crippen molar-refractivity contribution in [3.63, 3.8) is 0 Å². The van der Waals surface area contributed by atoms with Crippen LogP contribution in [0.2, 0.25) is 0 Å². The van der Waals surface area contributed by atoms with E-state index in [0.29, 0.717) is 29.2 Å². The van der Waals surface area contributed by atoms with Crippen LogP contribution in [0.1, 0.15) is 35.3 Å². The third-order valence-corrected chi connectivity index (χ3v) is 9.11. The molecule has 1 fully saturated rings. The summed E-state index contributed by atoms with van der Waals surface area (Å²) in [5, 5.41) is 2.89. The van der Waals surface area contributed by atoms with E-state index in [-0.39, 0.29) is 18.7 Å². The Bertz CT molecular complexity index is 1410. The van der Waals surface area contributed by atoms with E-state index in [2.05, 4.69) is 15.1 Å². The maximum Gasteiger partial charge on any atom is 0.381 e. The van der Waals surface area contributed by atoms with Crippen LogP contribution in [0.15, 0.2) is 72.8 Å². The topological polar surface area (TPSA) is 123 Å². The molecular formula is C32H41N4O6P. The molecule has 1 aliphatic heterocycles. The number of nitrogens with two attached hydrogens (primary N) is 1. The number of ether oxygens (including phenoxy) is 1. The first-order valence-electron chi connectivity index (χ1n) is 14.5. The van der Waals surface area contributed by atoms with Crippen molar-refractivity contribution in [2.45, 2.75) is 33.4 Å². The molecular weight excluding hydrogens is 567 g/mol. The van der Waals surface area contributed by atoms with E-state index in [4.69, 9.17) is 19.5 Å². The second-order valence-corrected chi connectivity index (χ2v) is 12.6. The van der Waals surface area contributed by atoms with E-state index in [1.165, 1.54) is 6.92 Å². The smallest absolute Gasteiger partial charge is 0.381 e. The van der Waals surface area contributed by atoms with Gasteiger partial charge in [0, 0.05) is 56.2 Å². The van der Waals surface area contributed by atoms with Gasteiger partial charge in [0.1, 0.15) is 5.75 Å². The lowest BCUT2D eigenvalue weighted by atomic mass is 10.1. The van der Waals surface area contributed by atoms with Crippen molar-refractivity contribution in [1.29, 1.82) is 0 Å². The van der Waals surface area contributed by atoms with Gasteiger partial charge in [-0.1, -0.05) is 36.4 Å². The maximum absolute atomic E-state index is 13.7. The number of rotatable bonds is 13. The van der Waals surface area contributed by atoms with Crippen LogP contribution < -0.4 is 15.6 Å². The predicted octanol–water partition coefficient (Wildman–Crippen LogP) is 5.19. The van der Waals surface area contributed by atoms with Gasteiger partial charge in [0.25, 0.3) is 5.91 Å². The van der Waals surface area contributed by atoms with Crippen molar-refractivity contribution in [2.75, 3.05) is 56.5 Å². The predicted molar refractivity (Wildman–Crippen MR) is 168 cm³/mol. The molecule has 0 aliphatic carbocycles. The van der Waals surface area contributed by atoms with Gasteiger partial charge < -0.3 is 25.2 Å². The number of nitrogens with one attached hydrogen (secondary N) is 1. The molecule has 3 N–H and O–H groups in total. The molecule has 4 rings (SSSR count). The molecule has 1 heterocycles. The number of anilines is 2. The minimum absolute atomic E-state index is 0.143. The summed E-state index contributed by atoms with van der Waals surface area (Å²) in [6, 6.07) is 21.9. The molecule has 0 bridgehead atoms. The Hall–Kier alpha value is -3.69. The molecule has 1 amide bonds. The van der Waals surface area contributed by atoms with Crippen molar-refractivity contribution >= 4 is 30.8 Å². The minimum atomic E-state index is -3.65. The lowest BCUT2D eigenvalue weighted by Crippen LogP contribution is -2.46. The average molecular weight is 609 g/mol. The van der Waals surface area contributed by atoms with Crippen LogP contribution in [-0.2, 0) is 25.2 Å². The van der Waals surface area contributed by atoms with Gasteiger partial charge >= 0.3 is 13.6 Å². The van der Waals surface area contributed by atoms with Gasteiger partial charge in [-0.3, -0.25) is 14.2 Å². The second-order valence-electron chi connectivity index (χ2n) is 10.6. The Morgan fingerprint density at radius 1 is 0.977 bits per heavy atom. The fourth-order valence-electron chi connectivity index (χ4n) is 4.68. The number of esters is 1. The molecule has 2 atom stereocenters. The second kappa shape index (κ2) is 15.2. The fourth-order valence-corrected chi connectivity index (χ4v) is 6.46. The number of amides is 1. The van der Waals surface area contributed by atoms with Crippen LogP contribution in [0.25, 0.3) is 0 Å². The zero-order valence-electron chi connectivity index (χ0n) is 25.0. The first-order valence-corrected chi connectivity index (χ1v) is 16.3. The molecule has 0 saturated carbocycles. The van der Waals surface area contributed by atoms with E-state index >= 15 is 0 Å². The van der Waals surface area contributed by atoms with Crippen molar-refractivity contribution < 1.29 is 27.9 Å². The first-order chi connectivity index (χ1) is 20.6. The monoisotopic (exact) mass is 608 g/mol. The number of benzene rings is 3. The van der Waals surface area contributed by atoms with Crippen molar-refractivity contribution in [3.8, 4) is 5.75 Å². The standard InChI is InChI=1S/C32H41N4O6P/c1-4-40-32(38)25(3)41-43(39,42-29-8-6-5-7-9-29)21-20-35-16-18-36(19-17-35)23-26-11-13-27(14-12-26)31(37)34-28-15-10-24(2)30(33)22-28/h5-15,22,25H,4,16-21,23,33H2,1-3H3,(H,34,37)/t25-,43?/m1/s1. The molecule has 0 radical (unpaired) electrons. The van der Waals surface area contributed by atoms with Crippen LogP contribution in [0, 0.1) is 6.92 Å². The van der Waals surface area contributed by atoms with Crippen LogP contribution in [0.3, 0.4) is 0 Å². The van der Waals surface area contributed by atoms with Gasteiger partial charge in [0.05, 0.1) is 12.8 Å². The molecule has 1 aliphatic rings. The first kappa shape index (κ1) is 32.2. The third kappa shape index (κ3) is 9.66. The van der Waals surface area contributed by atoms with Gasteiger partial charge in [-0.05, 0) is 68.3 Å². The SMILES string of the molecule is CCOC(=O)[C@@H](C)OP(=O)(CCN1CCN(Cc2ccc(C(=O)Nc3ccc(C)c(N)c3)cc2)CC1)Oc1ccccc1. The van der Waals surface area contributed by atoms with Crippen molar-refractivity contribution in [1.82, 2.24) is 9.80 Å². The summed E-state index contributed by atoms with van der Waals surface area (Å²) < 4.78 is 30.3. The highest BCUT2D eigenvalue weighted by Gasteiger charge is 2.33. The number of carbonyl (C=O) groups excluding carboxylic acids is 2. The number of piperazine rings is 1. The third-order valence-electron chi connectivity index (χ3n) is 7.24. The van der Waals surface area contributed by atoms with Crippen molar-refractivity contribution in [2.24, 2.45) is 0 Å². The molecule has 3 aromatic rings. The lowest BCUT2D eigenvalue weighted by molar-refractivity contribution is -0.150. The zero-order chi connectivity index (χ0) is 30.8. The Balaban J connectivity index is 1.26. The van der Waals surface area contributed by atoms with Gasteiger partial charge in [0.2, 0.25) is 0 Å². The summed E-state index contributed by atoms with van der Waals surface area (Å²) in [6.45, 7) is 9.89. The minimum Gasteiger partial charge on any atom is -0.464 e. The largest absolute Gasteiger partial charge is 0.464 e. The highest BCUT2D eigenvalue weighted by Crippen LogP contribution is 2.49. The fraction of sp³-hybridized carbons (Fsp3) is 0.375. The molecule has 0 aromatic heterocycles. The molecule has 230 valence electrons. The van der Waals surface area contributed by atoms with E-state index in [1.807, 2.05) is 49.4 Å². The molecule has 11 heteroatoms. The number of hydrogen-bond acceptors (Lipinski definition) is 9. The lowest BCUT2D eigenvalue weighted by Gasteiger charge is -2.35. The molecule has 1 saturated heterocycles. The highest BCUT2D eigenvalue weighted by molar-refractivity contribution is 7.54. The summed E-state index contributed by atoms with van der Waals surface area (Å²) >= 11 is 0. The van der Waals surface area contributed by atoms with Gasteiger partial charge in [-0.2, -0.15) is 0 Å². The molecule has 10 nitrogen and oxygen atoms in total. The number of carbonyl (C=O) groups is 2. The molecule has 1 unspecified atom stereocenters. The number of aryl methyl sites for hydroxylation is 1. The summed E-state index contributed by atoms with van der Waals surface area (Å²) in [4.78, 5) is 29.4. The van der Waals surface area contributed by atoms with Crippen molar-refractivity contribution in [3.05, 3.63) is 89.5 Å². The average Bonchev–Trinajstić information content (AvgIpc) is 2.99. The maximum atomic E-state index is 13.7. The number of nitrogen functional groups attached to an aromatic ring is 1. The van der Waals surface area contributed by atoms with Gasteiger partial charge in [-0.15, -0.1) is 0 Å². The number of hydrogen-bond donors (Lipinski definition) is 2. The van der Waals surface area contributed by atoms with Crippen LogP contribution >= 0.6 is 7.60 Å². The van der Waals surface area contributed by atoms with Gasteiger partial charge in [0.15, 0.2) is 6.10 Å². The molecule has 43 heavy (non-hydrogen) atoms. The van der Waals surface area contributed by atoms with E-state index in [0.717, 1.165) is 43.9 Å². The molecule has 0 spiro atoms. The van der Waals surface area contributed by atoms with Crippen LogP contribution in [0.5, 0.6) is 5.75 Å². The quantitative estimate of drug-likeness (QED) is 0.153. The number of para-hydroxylation sites is 1. The molecule has 3 aromatic carbocycles. The highest BCUT2D eigenvalue weighted by atomic mass is 31.2. The Labute approximate surface area is 253 Å². The van der Waals surface area contributed by atoms with Gasteiger partial charge in [-0.25, -0.2) is 9.36 Å². The summed E-state index contributed by atoms with van der Waals surface area (Å²) in [5.74, 6) is -0.328. The Kier molecular flexibility index (Phi) is 11.4. The summed E-state index contributed by atoms with van der Waals surface area (Å²) in [6.07, 6.45) is -0.866. The Morgan fingerprint density at radius 3 is 2.30 bits per heavy atom. The normalized spacial score (nSPS) is 16.2. The Morgan fingerprint density at radius 2 is 1.65 bits per heavy atom. The van der Waals surface area contributed by atoms with E-state index in [9.17, 15) is 14.2 Å². The van der Waals surface area contributed by atoms with Crippen LogP contribution in [0.4, 0.5) is 11.4 Å².